The minimum atomic E-state index is 0.767. The van der Waals surface area contributed by atoms with Crippen LogP contribution < -0.4 is 0 Å². The first-order chi connectivity index (χ1) is 10.1. The minimum Gasteiger partial charge on any atom is -0.357 e. The molecule has 106 valence electrons. The molecule has 0 spiro atoms. The molecule has 0 bridgehead atoms. The third-order valence-corrected chi connectivity index (χ3v) is 4.76. The van der Waals surface area contributed by atoms with E-state index in [2.05, 4.69) is 63.0 Å². The van der Waals surface area contributed by atoms with E-state index >= 15 is 0 Å². The molecule has 3 aromatic rings. The van der Waals surface area contributed by atoms with Gasteiger partial charge in [0.05, 0.1) is 0 Å². The molecule has 0 unspecified atom stereocenters. The molecule has 0 amide bonds. The van der Waals surface area contributed by atoms with Gasteiger partial charge in [-0.15, -0.1) is 10.2 Å². The number of benzene rings is 2. The van der Waals surface area contributed by atoms with Gasteiger partial charge >= 0.3 is 0 Å². The monoisotopic (exact) mass is 469 g/mol. The summed E-state index contributed by atoms with van der Waals surface area (Å²) in [6.07, 6.45) is 0. The van der Waals surface area contributed by atoms with Crippen LogP contribution in [-0.2, 0) is 0 Å². The maximum atomic E-state index is 4.43. The van der Waals surface area contributed by atoms with E-state index in [9.17, 15) is 0 Å². The zero-order chi connectivity index (χ0) is 15.0. The summed E-state index contributed by atoms with van der Waals surface area (Å²) in [6.45, 7) is 2.00. The molecule has 0 saturated carbocycles. The summed E-state index contributed by atoms with van der Waals surface area (Å²) in [5, 5.41) is 9.90. The lowest BCUT2D eigenvalue weighted by atomic mass is 10.2. The maximum absolute atomic E-state index is 4.43. The summed E-state index contributed by atoms with van der Waals surface area (Å²) in [5.74, 6) is 0. The van der Waals surface area contributed by atoms with Crippen molar-refractivity contribution in [3.63, 3.8) is 0 Å². The third kappa shape index (κ3) is 2.98. The van der Waals surface area contributed by atoms with E-state index in [1.54, 1.807) is 0 Å². The summed E-state index contributed by atoms with van der Waals surface area (Å²) >= 11 is 10.5. The van der Waals surface area contributed by atoms with Crippen molar-refractivity contribution < 1.29 is 0 Å². The normalized spacial score (nSPS) is 11.6. The van der Waals surface area contributed by atoms with Crippen LogP contribution in [0.15, 0.2) is 60.0 Å². The first-order valence-electron chi connectivity index (χ1n) is 6.20. The number of hydrogen-bond acceptors (Lipinski definition) is 2. The van der Waals surface area contributed by atoms with Gasteiger partial charge in [0.25, 0.3) is 0 Å². The largest absolute Gasteiger partial charge is 0.357 e. The van der Waals surface area contributed by atoms with Gasteiger partial charge in [-0.1, -0.05) is 34.1 Å². The topological polar surface area (TPSA) is 40.5 Å². The molecule has 6 heteroatoms. The number of halogens is 3. The van der Waals surface area contributed by atoms with Crippen LogP contribution in [0.4, 0.5) is 11.4 Å². The molecule has 0 aliphatic rings. The Bertz CT molecular complexity index is 829. The van der Waals surface area contributed by atoms with Crippen LogP contribution in [0.5, 0.6) is 0 Å². The molecule has 1 aromatic heterocycles. The maximum Gasteiger partial charge on any atom is 0.114 e. The molecule has 0 fully saturated rings. The highest BCUT2D eigenvalue weighted by Gasteiger charge is 2.09. The smallest absolute Gasteiger partial charge is 0.114 e. The highest BCUT2D eigenvalue weighted by atomic mass is 79.9. The number of H-pyrrole nitrogens is 1. The van der Waals surface area contributed by atoms with Gasteiger partial charge in [-0.05, 0) is 57.0 Å². The second kappa shape index (κ2) is 6.02. The van der Waals surface area contributed by atoms with E-state index in [1.165, 1.54) is 0 Å². The van der Waals surface area contributed by atoms with Gasteiger partial charge in [0.2, 0.25) is 0 Å². The van der Waals surface area contributed by atoms with Gasteiger partial charge in [0.15, 0.2) is 0 Å². The first-order valence-corrected chi connectivity index (χ1v) is 8.58. The number of fused-ring (bicyclic) bond motifs is 1. The zero-order valence-corrected chi connectivity index (χ0v) is 15.8. The molecular formula is C15H10Br3N3. The van der Waals surface area contributed by atoms with Crippen LogP contribution in [0.3, 0.4) is 0 Å². The van der Waals surface area contributed by atoms with E-state index in [0.717, 1.165) is 41.4 Å². The third-order valence-electron chi connectivity index (χ3n) is 3.09. The SMILES string of the molecule is Cc1[nH]c2ccccc2c1N=Nc1c(Br)cc(Br)cc1Br. The fraction of sp³-hybridized carbons (Fsp3) is 0.0667. The summed E-state index contributed by atoms with van der Waals surface area (Å²) < 4.78 is 2.73. The summed E-state index contributed by atoms with van der Waals surface area (Å²) in [6, 6.07) is 12.0. The average Bonchev–Trinajstić information content (AvgIpc) is 2.73. The predicted molar refractivity (Wildman–Crippen MR) is 96.8 cm³/mol. The summed E-state index contributed by atoms with van der Waals surface area (Å²) in [7, 11) is 0. The van der Waals surface area contributed by atoms with Gasteiger partial charge < -0.3 is 4.98 Å². The number of nitrogens with zero attached hydrogens (tertiary/aromatic N) is 2. The van der Waals surface area contributed by atoms with E-state index in [4.69, 9.17) is 0 Å². The van der Waals surface area contributed by atoms with Crippen molar-refractivity contribution in [2.75, 3.05) is 0 Å². The number of rotatable bonds is 2. The van der Waals surface area contributed by atoms with Gasteiger partial charge in [-0.25, -0.2) is 0 Å². The number of aromatic amines is 1. The van der Waals surface area contributed by atoms with Gasteiger partial charge in [0.1, 0.15) is 11.4 Å². The lowest BCUT2D eigenvalue weighted by Crippen LogP contribution is -1.74. The number of para-hydroxylation sites is 1. The second-order valence-corrected chi connectivity index (χ2v) is 7.19. The highest BCUT2D eigenvalue weighted by molar-refractivity contribution is 9.11. The summed E-state index contributed by atoms with van der Waals surface area (Å²) in [5.41, 5.74) is 3.71. The Balaban J connectivity index is 2.08. The minimum absolute atomic E-state index is 0.767. The number of aryl methyl sites for hydroxylation is 1. The molecule has 0 saturated heterocycles. The molecule has 0 atom stereocenters. The Morgan fingerprint density at radius 3 is 2.24 bits per heavy atom. The molecule has 0 aliphatic heterocycles. The van der Waals surface area contributed by atoms with Crippen molar-refractivity contribution in [3.05, 3.63) is 55.5 Å². The quantitative estimate of drug-likeness (QED) is 0.384. The molecule has 3 nitrogen and oxygen atoms in total. The van der Waals surface area contributed by atoms with Crippen LogP contribution in [0, 0.1) is 6.92 Å². The molecule has 0 aliphatic carbocycles. The average molecular weight is 472 g/mol. The standard InChI is InChI=1S/C15H10Br3N3/c1-8-14(10-4-2-3-5-13(10)19-8)20-21-15-11(17)6-9(16)7-12(15)18/h2-7,19H,1H3. The van der Waals surface area contributed by atoms with Crippen molar-refractivity contribution in [3.8, 4) is 0 Å². The fourth-order valence-electron chi connectivity index (χ4n) is 2.12. The number of hydrogen-bond donors (Lipinski definition) is 1. The molecule has 21 heavy (non-hydrogen) atoms. The zero-order valence-electron chi connectivity index (χ0n) is 11.0. The lowest BCUT2D eigenvalue weighted by molar-refractivity contribution is 1.19. The fourth-order valence-corrected chi connectivity index (χ4v) is 4.54. The molecule has 0 radical (unpaired) electrons. The van der Waals surface area contributed by atoms with Gasteiger partial charge in [0, 0.05) is 30.0 Å². The molecule has 1 heterocycles. The molecule has 2 aromatic carbocycles. The molecular weight excluding hydrogens is 462 g/mol. The Morgan fingerprint density at radius 2 is 1.52 bits per heavy atom. The summed E-state index contributed by atoms with van der Waals surface area (Å²) in [4.78, 5) is 3.32. The van der Waals surface area contributed by atoms with Crippen molar-refractivity contribution in [1.29, 1.82) is 0 Å². The number of azo groups is 1. The van der Waals surface area contributed by atoms with Crippen LogP contribution >= 0.6 is 47.8 Å². The van der Waals surface area contributed by atoms with E-state index < -0.39 is 0 Å². The van der Waals surface area contributed by atoms with Crippen LogP contribution in [-0.4, -0.2) is 4.98 Å². The lowest BCUT2D eigenvalue weighted by Gasteiger charge is -2.02. The van der Waals surface area contributed by atoms with Crippen LogP contribution in [0.2, 0.25) is 0 Å². The Morgan fingerprint density at radius 1 is 0.905 bits per heavy atom. The first kappa shape index (κ1) is 14.9. The van der Waals surface area contributed by atoms with Gasteiger partial charge in [-0.2, -0.15) is 0 Å². The molecule has 3 rings (SSSR count). The number of aromatic nitrogens is 1. The Kier molecular flexibility index (Phi) is 4.28. The van der Waals surface area contributed by atoms with Crippen LogP contribution in [0.1, 0.15) is 5.69 Å². The van der Waals surface area contributed by atoms with Crippen molar-refractivity contribution >= 4 is 70.1 Å². The van der Waals surface area contributed by atoms with E-state index in [1.807, 2.05) is 43.3 Å². The number of nitrogens with one attached hydrogen (secondary N) is 1. The second-order valence-electron chi connectivity index (χ2n) is 4.56. The van der Waals surface area contributed by atoms with E-state index in [0.29, 0.717) is 0 Å². The Labute approximate surface area is 147 Å². The Hall–Kier alpha value is -0.980. The van der Waals surface area contributed by atoms with Crippen molar-refractivity contribution in [2.24, 2.45) is 10.2 Å². The van der Waals surface area contributed by atoms with Crippen molar-refractivity contribution in [1.82, 2.24) is 4.98 Å². The predicted octanol–water partition coefficient (Wildman–Crippen LogP) is 7.18. The molecule has 1 N–H and O–H groups in total. The van der Waals surface area contributed by atoms with Gasteiger partial charge in [-0.3, -0.25) is 0 Å². The van der Waals surface area contributed by atoms with Crippen molar-refractivity contribution in [2.45, 2.75) is 6.92 Å². The highest BCUT2D eigenvalue weighted by Crippen LogP contribution is 2.38. The van der Waals surface area contributed by atoms with Crippen LogP contribution in [0.25, 0.3) is 10.9 Å². The van der Waals surface area contributed by atoms with E-state index in [-0.39, 0.29) is 0 Å².